The molecule has 7 heteroatoms. The van der Waals surface area contributed by atoms with Crippen LogP contribution in [0.2, 0.25) is 10.0 Å². The molecule has 1 aromatic heterocycles. The van der Waals surface area contributed by atoms with E-state index in [-0.39, 0.29) is 12.5 Å². The summed E-state index contributed by atoms with van der Waals surface area (Å²) in [6.07, 6.45) is 0. The number of fused-ring (bicyclic) bond motifs is 1. The molecule has 4 aromatic rings. The van der Waals surface area contributed by atoms with Gasteiger partial charge in [-0.2, -0.15) is 0 Å². The van der Waals surface area contributed by atoms with E-state index in [1.807, 2.05) is 47.0 Å². The molecular formula is C23H19Cl2N3O2. The van der Waals surface area contributed by atoms with Crippen LogP contribution < -0.4 is 10.1 Å². The van der Waals surface area contributed by atoms with Gasteiger partial charge in [0.25, 0.3) is 5.91 Å². The summed E-state index contributed by atoms with van der Waals surface area (Å²) in [6, 6.07) is 20.2. The molecule has 3 aromatic carbocycles. The predicted molar refractivity (Wildman–Crippen MR) is 119 cm³/mol. The largest absolute Gasteiger partial charge is 0.497 e. The molecule has 0 aliphatic rings. The SMILES string of the molecule is COc1ccc(C(=O)NCc2nc3ccccc3n2Cc2c(Cl)cccc2Cl)cc1. The van der Waals surface area contributed by atoms with Crippen LogP contribution in [0.15, 0.2) is 66.7 Å². The highest BCUT2D eigenvalue weighted by Gasteiger charge is 2.15. The van der Waals surface area contributed by atoms with E-state index >= 15 is 0 Å². The Morgan fingerprint density at radius 3 is 2.40 bits per heavy atom. The normalized spacial score (nSPS) is 10.9. The first-order valence-electron chi connectivity index (χ1n) is 9.36. The molecule has 0 saturated carbocycles. The molecule has 0 fully saturated rings. The fraction of sp³-hybridized carbons (Fsp3) is 0.130. The van der Waals surface area contributed by atoms with Crippen LogP contribution >= 0.6 is 23.2 Å². The van der Waals surface area contributed by atoms with Crippen molar-refractivity contribution in [1.29, 1.82) is 0 Å². The van der Waals surface area contributed by atoms with Crippen LogP contribution in [0.3, 0.4) is 0 Å². The molecule has 1 N–H and O–H groups in total. The lowest BCUT2D eigenvalue weighted by atomic mass is 10.2. The lowest BCUT2D eigenvalue weighted by Crippen LogP contribution is -2.25. The maximum Gasteiger partial charge on any atom is 0.251 e. The average Bonchev–Trinajstić information content (AvgIpc) is 3.12. The maximum atomic E-state index is 12.6. The molecule has 0 atom stereocenters. The minimum Gasteiger partial charge on any atom is -0.497 e. The Kier molecular flexibility index (Phi) is 5.93. The van der Waals surface area contributed by atoms with Gasteiger partial charge in [0.1, 0.15) is 11.6 Å². The molecule has 4 rings (SSSR count). The average molecular weight is 440 g/mol. The van der Waals surface area contributed by atoms with Crippen LogP contribution in [0.25, 0.3) is 11.0 Å². The first-order chi connectivity index (χ1) is 14.6. The lowest BCUT2D eigenvalue weighted by Gasteiger charge is -2.13. The van der Waals surface area contributed by atoms with Gasteiger partial charge < -0.3 is 14.6 Å². The van der Waals surface area contributed by atoms with Crippen LogP contribution in [0, 0.1) is 0 Å². The predicted octanol–water partition coefficient (Wildman–Crippen LogP) is 5.33. The molecule has 30 heavy (non-hydrogen) atoms. The third kappa shape index (κ3) is 4.13. The number of imidazole rings is 1. The Bertz CT molecular complexity index is 1180. The smallest absolute Gasteiger partial charge is 0.251 e. The molecule has 0 aliphatic carbocycles. The molecule has 0 spiro atoms. The van der Waals surface area contributed by atoms with Gasteiger partial charge in [0.2, 0.25) is 0 Å². The number of rotatable bonds is 6. The number of amides is 1. The van der Waals surface area contributed by atoms with E-state index in [1.54, 1.807) is 31.4 Å². The second-order valence-corrected chi connectivity index (χ2v) is 7.53. The van der Waals surface area contributed by atoms with Crippen molar-refractivity contribution in [2.45, 2.75) is 13.1 Å². The number of aromatic nitrogens is 2. The number of carbonyl (C=O) groups excluding carboxylic acids is 1. The van der Waals surface area contributed by atoms with Crippen LogP contribution in [-0.2, 0) is 13.1 Å². The molecular weight excluding hydrogens is 421 g/mol. The number of nitrogens with one attached hydrogen (secondary N) is 1. The fourth-order valence-corrected chi connectivity index (χ4v) is 3.80. The zero-order chi connectivity index (χ0) is 21.1. The Morgan fingerprint density at radius 2 is 1.70 bits per heavy atom. The molecule has 0 unspecified atom stereocenters. The Labute approximate surface area is 184 Å². The number of nitrogens with zero attached hydrogens (tertiary/aromatic N) is 2. The van der Waals surface area contributed by atoms with E-state index in [2.05, 4.69) is 5.32 Å². The van der Waals surface area contributed by atoms with Crippen molar-refractivity contribution in [3.8, 4) is 5.75 Å². The number of ether oxygens (including phenoxy) is 1. The summed E-state index contributed by atoms with van der Waals surface area (Å²) < 4.78 is 7.16. The summed E-state index contributed by atoms with van der Waals surface area (Å²) in [5.41, 5.74) is 3.15. The number of halogens is 2. The molecule has 0 radical (unpaired) electrons. The van der Waals surface area contributed by atoms with Crippen molar-refractivity contribution in [3.05, 3.63) is 93.7 Å². The van der Waals surface area contributed by atoms with Gasteiger partial charge in [0.15, 0.2) is 0 Å². The molecule has 5 nitrogen and oxygen atoms in total. The van der Waals surface area contributed by atoms with Gasteiger partial charge in [-0.25, -0.2) is 4.98 Å². The van der Waals surface area contributed by atoms with Crippen molar-refractivity contribution in [1.82, 2.24) is 14.9 Å². The molecule has 0 saturated heterocycles. The van der Waals surface area contributed by atoms with Gasteiger partial charge in [-0.15, -0.1) is 0 Å². The highest BCUT2D eigenvalue weighted by molar-refractivity contribution is 6.36. The first kappa shape index (κ1) is 20.3. The van der Waals surface area contributed by atoms with Crippen LogP contribution in [0.4, 0.5) is 0 Å². The Morgan fingerprint density at radius 1 is 1.00 bits per heavy atom. The Hall–Kier alpha value is -3.02. The monoisotopic (exact) mass is 439 g/mol. The standard InChI is InChI=1S/C23H19Cl2N3O2/c1-30-16-11-9-15(10-12-16)23(29)26-13-22-27-20-7-2-3-8-21(20)28(22)14-17-18(24)5-4-6-19(17)25/h2-12H,13-14H2,1H3,(H,26,29). The molecule has 1 heterocycles. The number of hydrogen-bond acceptors (Lipinski definition) is 3. The molecule has 152 valence electrons. The van der Waals surface area contributed by atoms with Crippen molar-refractivity contribution >= 4 is 40.1 Å². The van der Waals surface area contributed by atoms with Gasteiger partial charge in [0.05, 0.1) is 31.2 Å². The van der Waals surface area contributed by atoms with Crippen LogP contribution in [0.1, 0.15) is 21.7 Å². The maximum absolute atomic E-state index is 12.6. The zero-order valence-electron chi connectivity index (χ0n) is 16.2. The topological polar surface area (TPSA) is 56.1 Å². The number of carbonyl (C=O) groups is 1. The summed E-state index contributed by atoms with van der Waals surface area (Å²) >= 11 is 12.8. The second kappa shape index (κ2) is 8.78. The number of hydrogen-bond donors (Lipinski definition) is 1. The first-order valence-corrected chi connectivity index (χ1v) is 10.1. The van der Waals surface area contributed by atoms with Crippen molar-refractivity contribution in [3.63, 3.8) is 0 Å². The molecule has 1 amide bonds. The van der Waals surface area contributed by atoms with E-state index in [0.29, 0.717) is 33.7 Å². The summed E-state index contributed by atoms with van der Waals surface area (Å²) in [6.45, 7) is 0.717. The van der Waals surface area contributed by atoms with Crippen molar-refractivity contribution in [2.75, 3.05) is 7.11 Å². The van der Waals surface area contributed by atoms with E-state index < -0.39 is 0 Å². The highest BCUT2D eigenvalue weighted by atomic mass is 35.5. The van der Waals surface area contributed by atoms with Crippen molar-refractivity contribution < 1.29 is 9.53 Å². The highest BCUT2D eigenvalue weighted by Crippen LogP contribution is 2.27. The molecule has 0 bridgehead atoms. The number of methoxy groups -OCH3 is 1. The minimum atomic E-state index is -0.188. The number of benzene rings is 3. The van der Waals surface area contributed by atoms with Gasteiger partial charge in [0, 0.05) is 21.2 Å². The quantitative estimate of drug-likeness (QED) is 0.441. The Balaban J connectivity index is 1.62. The van der Waals surface area contributed by atoms with Crippen LogP contribution in [-0.4, -0.2) is 22.6 Å². The fourth-order valence-electron chi connectivity index (χ4n) is 3.28. The summed E-state index contributed by atoms with van der Waals surface area (Å²) in [5.74, 6) is 1.23. The summed E-state index contributed by atoms with van der Waals surface area (Å²) in [7, 11) is 1.59. The van der Waals surface area contributed by atoms with Gasteiger partial charge in [-0.1, -0.05) is 41.4 Å². The van der Waals surface area contributed by atoms with E-state index in [1.165, 1.54) is 0 Å². The minimum absolute atomic E-state index is 0.188. The van der Waals surface area contributed by atoms with E-state index in [0.717, 1.165) is 16.6 Å². The van der Waals surface area contributed by atoms with Gasteiger partial charge in [-0.05, 0) is 48.5 Å². The summed E-state index contributed by atoms with van der Waals surface area (Å²) in [5, 5.41) is 4.12. The van der Waals surface area contributed by atoms with Crippen molar-refractivity contribution in [2.24, 2.45) is 0 Å². The molecule has 0 aliphatic heterocycles. The summed E-state index contributed by atoms with van der Waals surface area (Å²) in [4.78, 5) is 17.3. The lowest BCUT2D eigenvalue weighted by molar-refractivity contribution is 0.0949. The zero-order valence-corrected chi connectivity index (χ0v) is 17.7. The third-order valence-corrected chi connectivity index (χ3v) is 5.58. The second-order valence-electron chi connectivity index (χ2n) is 6.71. The van der Waals surface area contributed by atoms with E-state index in [9.17, 15) is 4.79 Å². The van der Waals surface area contributed by atoms with E-state index in [4.69, 9.17) is 32.9 Å². The van der Waals surface area contributed by atoms with Gasteiger partial charge >= 0.3 is 0 Å². The van der Waals surface area contributed by atoms with Gasteiger partial charge in [-0.3, -0.25) is 4.79 Å². The number of para-hydroxylation sites is 2. The third-order valence-electron chi connectivity index (χ3n) is 4.87. The van der Waals surface area contributed by atoms with Crippen LogP contribution in [0.5, 0.6) is 5.75 Å².